The molecule has 2 aromatic rings. The van der Waals surface area contributed by atoms with Crippen LogP contribution in [0, 0.1) is 12.5 Å². The number of nitrogens with zero attached hydrogens (tertiary/aromatic N) is 1. The summed E-state index contributed by atoms with van der Waals surface area (Å²) in [4.78, 5) is 3.36. The van der Waals surface area contributed by atoms with E-state index in [1.807, 2.05) is 18.2 Å². The molecule has 0 unspecified atom stereocenters. The second-order valence-electron chi connectivity index (χ2n) is 6.79. The third-order valence-corrected chi connectivity index (χ3v) is 6.96. The Morgan fingerprint density at radius 1 is 1.08 bits per heavy atom. The third kappa shape index (κ3) is 4.02. The van der Waals surface area contributed by atoms with Gasteiger partial charge in [0.25, 0.3) is 0 Å². The van der Waals surface area contributed by atoms with Gasteiger partial charge in [-0.15, -0.1) is 0 Å². The molecular formula is C20H21NO3S. The van der Waals surface area contributed by atoms with E-state index in [4.69, 9.17) is 11.3 Å². The van der Waals surface area contributed by atoms with Crippen molar-refractivity contribution in [2.24, 2.45) is 5.92 Å². The minimum absolute atomic E-state index is 0.149. The van der Waals surface area contributed by atoms with Gasteiger partial charge in [0.2, 0.25) is 0 Å². The molecule has 3 rings (SSSR count). The number of ether oxygens (including phenoxy) is 1. The molecule has 25 heavy (non-hydrogen) atoms. The summed E-state index contributed by atoms with van der Waals surface area (Å²) in [7, 11) is -3.02. The van der Waals surface area contributed by atoms with E-state index in [-0.39, 0.29) is 16.9 Å². The van der Waals surface area contributed by atoms with Crippen LogP contribution in [0.25, 0.3) is 4.85 Å². The van der Waals surface area contributed by atoms with E-state index >= 15 is 0 Å². The van der Waals surface area contributed by atoms with Crippen LogP contribution in [-0.4, -0.2) is 19.4 Å². The standard InChI is InChI=1S/C20H21NO3S/c1-14(2)25(22,23)13-15-10-16-4-7-20(12-17(16)11-15)24-19-8-5-18(21-3)6-9-19/h4-9,12,14-15H,10-11,13H2,1-2H3/t15-/m0/s1. The predicted octanol–water partition coefficient (Wildman–Crippen LogP) is 4.57. The highest BCUT2D eigenvalue weighted by Crippen LogP contribution is 2.33. The van der Waals surface area contributed by atoms with E-state index < -0.39 is 9.84 Å². The van der Waals surface area contributed by atoms with E-state index in [2.05, 4.69) is 4.85 Å². The third-order valence-electron chi connectivity index (χ3n) is 4.58. The molecule has 1 atom stereocenters. The highest BCUT2D eigenvalue weighted by Gasteiger charge is 2.28. The predicted molar refractivity (Wildman–Crippen MR) is 99.0 cm³/mol. The first kappa shape index (κ1) is 17.5. The monoisotopic (exact) mass is 355 g/mol. The molecule has 1 aliphatic carbocycles. The largest absolute Gasteiger partial charge is 0.457 e. The highest BCUT2D eigenvalue weighted by molar-refractivity contribution is 7.91. The van der Waals surface area contributed by atoms with Gasteiger partial charge in [-0.2, -0.15) is 0 Å². The molecule has 5 heteroatoms. The van der Waals surface area contributed by atoms with Gasteiger partial charge in [0.15, 0.2) is 15.5 Å². The number of hydrogen-bond donors (Lipinski definition) is 0. The highest BCUT2D eigenvalue weighted by atomic mass is 32.2. The minimum atomic E-state index is -3.02. The van der Waals surface area contributed by atoms with Gasteiger partial charge >= 0.3 is 0 Å². The summed E-state index contributed by atoms with van der Waals surface area (Å²) in [6, 6.07) is 12.9. The SMILES string of the molecule is [C-]#[N+]c1ccc(Oc2ccc3c(c2)C[C@@H](CS(=O)(=O)C(C)C)C3)cc1. The molecule has 4 nitrogen and oxygen atoms in total. The van der Waals surface area contributed by atoms with Crippen molar-refractivity contribution in [1.29, 1.82) is 0 Å². The molecule has 0 bridgehead atoms. The first-order valence-electron chi connectivity index (χ1n) is 8.36. The van der Waals surface area contributed by atoms with Crippen LogP contribution in [-0.2, 0) is 22.7 Å². The average molecular weight is 355 g/mol. The first-order valence-corrected chi connectivity index (χ1v) is 10.1. The summed E-state index contributed by atoms with van der Waals surface area (Å²) in [5.74, 6) is 1.81. The molecule has 0 radical (unpaired) electrons. The van der Waals surface area contributed by atoms with Crippen molar-refractivity contribution in [3.05, 3.63) is 65.0 Å². The second kappa shape index (κ2) is 6.89. The van der Waals surface area contributed by atoms with Crippen molar-refractivity contribution in [1.82, 2.24) is 0 Å². The van der Waals surface area contributed by atoms with E-state index in [0.717, 1.165) is 18.6 Å². The summed E-state index contributed by atoms with van der Waals surface area (Å²) < 4.78 is 30.2. The fourth-order valence-corrected chi connectivity index (χ4v) is 4.39. The van der Waals surface area contributed by atoms with Gasteiger partial charge < -0.3 is 4.74 Å². The Hall–Kier alpha value is -2.32. The van der Waals surface area contributed by atoms with E-state index in [0.29, 0.717) is 11.4 Å². The second-order valence-corrected chi connectivity index (χ2v) is 9.39. The van der Waals surface area contributed by atoms with Crippen LogP contribution >= 0.6 is 0 Å². The maximum atomic E-state index is 12.2. The molecule has 0 aromatic heterocycles. The van der Waals surface area contributed by atoms with Gasteiger partial charge in [0, 0.05) is 0 Å². The number of rotatable bonds is 5. The molecule has 0 heterocycles. The van der Waals surface area contributed by atoms with Crippen LogP contribution in [0.5, 0.6) is 11.5 Å². The molecule has 0 fully saturated rings. The molecule has 0 aliphatic heterocycles. The van der Waals surface area contributed by atoms with Crippen LogP contribution in [0.2, 0.25) is 0 Å². The van der Waals surface area contributed by atoms with Crippen molar-refractivity contribution in [3.8, 4) is 11.5 Å². The van der Waals surface area contributed by atoms with E-state index in [9.17, 15) is 8.42 Å². The maximum Gasteiger partial charge on any atom is 0.187 e. The zero-order valence-corrected chi connectivity index (χ0v) is 15.2. The summed E-state index contributed by atoms with van der Waals surface area (Å²) in [5, 5.41) is -0.325. The van der Waals surface area contributed by atoms with Gasteiger partial charge in [0.1, 0.15) is 11.5 Å². The lowest BCUT2D eigenvalue weighted by atomic mass is 10.1. The summed E-state index contributed by atoms with van der Waals surface area (Å²) in [6.07, 6.45) is 1.58. The average Bonchev–Trinajstić information content (AvgIpc) is 2.96. The van der Waals surface area contributed by atoms with Crippen LogP contribution < -0.4 is 4.74 Å². The molecule has 0 saturated heterocycles. The van der Waals surface area contributed by atoms with Crippen molar-refractivity contribution in [2.45, 2.75) is 31.9 Å². The van der Waals surface area contributed by atoms with Gasteiger partial charge in [-0.05, 0) is 68.0 Å². The summed E-state index contributed by atoms with van der Waals surface area (Å²) >= 11 is 0. The molecule has 0 spiro atoms. The van der Waals surface area contributed by atoms with Gasteiger partial charge in [-0.25, -0.2) is 13.3 Å². The van der Waals surface area contributed by atoms with Crippen molar-refractivity contribution in [2.75, 3.05) is 5.75 Å². The van der Waals surface area contributed by atoms with Crippen LogP contribution in [0.3, 0.4) is 0 Å². The fraction of sp³-hybridized carbons (Fsp3) is 0.350. The molecule has 2 aromatic carbocycles. The van der Waals surface area contributed by atoms with Crippen molar-refractivity contribution in [3.63, 3.8) is 0 Å². The quantitative estimate of drug-likeness (QED) is 0.738. The van der Waals surface area contributed by atoms with E-state index in [1.54, 1.807) is 38.1 Å². The first-order chi connectivity index (χ1) is 11.9. The minimum Gasteiger partial charge on any atom is -0.457 e. The lowest BCUT2D eigenvalue weighted by Gasteiger charge is -2.12. The zero-order valence-electron chi connectivity index (χ0n) is 14.4. The maximum absolute atomic E-state index is 12.2. The van der Waals surface area contributed by atoms with E-state index in [1.165, 1.54) is 11.1 Å². The topological polar surface area (TPSA) is 47.7 Å². The number of hydrogen-bond acceptors (Lipinski definition) is 3. The van der Waals surface area contributed by atoms with Crippen molar-refractivity contribution < 1.29 is 13.2 Å². The molecule has 1 aliphatic rings. The zero-order chi connectivity index (χ0) is 18.0. The Bertz CT molecular complexity index is 909. The van der Waals surface area contributed by atoms with Crippen LogP contribution in [0.1, 0.15) is 25.0 Å². The number of fused-ring (bicyclic) bond motifs is 1. The normalized spacial score (nSPS) is 16.5. The van der Waals surface area contributed by atoms with Crippen LogP contribution in [0.4, 0.5) is 5.69 Å². The summed E-state index contributed by atoms with van der Waals surface area (Å²) in [5.41, 5.74) is 2.95. The molecule has 0 N–H and O–H groups in total. The van der Waals surface area contributed by atoms with Gasteiger partial charge in [-0.3, -0.25) is 0 Å². The Balaban J connectivity index is 1.70. The Morgan fingerprint density at radius 2 is 1.72 bits per heavy atom. The smallest absolute Gasteiger partial charge is 0.187 e. The molecule has 0 saturated carbocycles. The molecule has 0 amide bonds. The Kier molecular flexibility index (Phi) is 4.82. The van der Waals surface area contributed by atoms with Crippen LogP contribution in [0.15, 0.2) is 42.5 Å². The number of sulfone groups is 1. The lowest BCUT2D eigenvalue weighted by Crippen LogP contribution is -2.23. The Morgan fingerprint density at radius 3 is 2.36 bits per heavy atom. The lowest BCUT2D eigenvalue weighted by molar-refractivity contribution is 0.482. The summed E-state index contributed by atoms with van der Waals surface area (Å²) in [6.45, 7) is 10.4. The fourth-order valence-electron chi connectivity index (χ4n) is 3.11. The Labute approximate surface area is 149 Å². The molecular weight excluding hydrogens is 334 g/mol. The number of benzene rings is 2. The molecule has 130 valence electrons. The van der Waals surface area contributed by atoms with Gasteiger partial charge in [0.05, 0.1) is 17.6 Å². The van der Waals surface area contributed by atoms with Crippen molar-refractivity contribution >= 4 is 15.5 Å². The van der Waals surface area contributed by atoms with Gasteiger partial charge in [-0.1, -0.05) is 18.2 Å².